The predicted molar refractivity (Wildman–Crippen MR) is 173 cm³/mol. The van der Waals surface area contributed by atoms with Gasteiger partial charge in [0, 0.05) is 29.1 Å². The number of aliphatic hydroxyl groups excluding tert-OH is 1. The molecular weight excluding hydrogens is 759 g/mol. The van der Waals surface area contributed by atoms with E-state index in [4.69, 9.17) is 51.2 Å². The summed E-state index contributed by atoms with van der Waals surface area (Å²) in [7, 11) is 0. The van der Waals surface area contributed by atoms with Gasteiger partial charge in [0.1, 0.15) is 25.4 Å². The maximum atomic E-state index is 17.8. The summed E-state index contributed by atoms with van der Waals surface area (Å²) in [4.78, 5) is 78.6. The smallest absolute Gasteiger partial charge is 0.323 e. The first-order valence-corrected chi connectivity index (χ1v) is 17.7. The van der Waals surface area contributed by atoms with Crippen molar-refractivity contribution in [3.05, 3.63) is 23.8 Å². The summed E-state index contributed by atoms with van der Waals surface area (Å²) in [6.07, 6.45) is -0.0874. The van der Waals surface area contributed by atoms with Crippen LogP contribution < -0.4 is 5.73 Å². The Morgan fingerprint density at radius 2 is 1.66 bits per heavy atom. The Kier molecular flexibility index (Phi) is 14.6. The first-order chi connectivity index (χ1) is 26.1. The zero-order valence-electron chi connectivity index (χ0n) is 30.9. The molecule has 0 heterocycles. The van der Waals surface area contributed by atoms with Gasteiger partial charge in [-0.3, -0.25) is 60.1 Å². The summed E-state index contributed by atoms with van der Waals surface area (Å²) >= 11 is 0. The standard InChI is InChI=1S/C33H49FN4O18/c1-18-11-23-22-7-6-19-12-20(39)8-9-30(19,2)32(22,34)25(40)14-31(23,3)33(18,55-27(42)5-4-10-53-36(45)46)26(41)17-51-28(43)13-24(35)29(44)52-15-21(56-38(49)50)16-54-37(47)48/h8-9,12,18,21-25,40,45-50H,4-7,10-11,13-17,35H2,1-3H3/t18-,21?,22?,23?,24?,25-,30-,31-,32-,33-/m0/s1. The Bertz CT molecular complexity index is 1550. The van der Waals surface area contributed by atoms with E-state index in [2.05, 4.69) is 14.5 Å². The van der Waals surface area contributed by atoms with Gasteiger partial charge in [-0.1, -0.05) is 25.5 Å². The molecule has 0 bridgehead atoms. The number of ether oxygens (including phenoxy) is 3. The van der Waals surface area contributed by atoms with Crippen molar-refractivity contribution >= 4 is 29.5 Å². The van der Waals surface area contributed by atoms with Gasteiger partial charge in [0.15, 0.2) is 23.7 Å². The van der Waals surface area contributed by atoms with E-state index in [1.165, 1.54) is 18.2 Å². The van der Waals surface area contributed by atoms with Crippen LogP contribution in [0.1, 0.15) is 65.7 Å². The molecule has 10 atom stereocenters. The molecule has 0 radical (unpaired) electrons. The van der Waals surface area contributed by atoms with Crippen LogP contribution in [-0.2, 0) is 52.7 Å². The van der Waals surface area contributed by atoms with Crippen LogP contribution in [0.5, 0.6) is 0 Å². The molecule has 4 unspecified atom stereocenters. The second-order valence-corrected chi connectivity index (χ2v) is 14.9. The normalized spacial score (nSPS) is 33.3. The van der Waals surface area contributed by atoms with Crippen molar-refractivity contribution in [2.75, 3.05) is 26.4 Å². The number of esters is 3. The fourth-order valence-electron chi connectivity index (χ4n) is 9.24. The average molecular weight is 809 g/mol. The molecule has 316 valence electrons. The van der Waals surface area contributed by atoms with E-state index in [0.29, 0.717) is 12.0 Å². The van der Waals surface area contributed by atoms with Crippen LogP contribution in [0.15, 0.2) is 23.8 Å². The van der Waals surface area contributed by atoms with E-state index in [9.17, 15) is 29.1 Å². The van der Waals surface area contributed by atoms with Crippen molar-refractivity contribution in [2.45, 2.75) is 95.2 Å². The highest BCUT2D eigenvalue weighted by atomic mass is 19.1. The van der Waals surface area contributed by atoms with Crippen LogP contribution in [0.2, 0.25) is 0 Å². The van der Waals surface area contributed by atoms with Gasteiger partial charge in [-0.2, -0.15) is 0 Å². The van der Waals surface area contributed by atoms with Crippen molar-refractivity contribution in [2.24, 2.45) is 34.3 Å². The van der Waals surface area contributed by atoms with Crippen molar-refractivity contribution in [1.29, 1.82) is 0 Å². The number of hydrogen-bond acceptors (Lipinski definition) is 22. The van der Waals surface area contributed by atoms with Crippen LogP contribution in [-0.4, -0.2) is 138 Å². The summed E-state index contributed by atoms with van der Waals surface area (Å²) in [5.41, 5.74) is -0.818. The highest BCUT2D eigenvalue weighted by Crippen LogP contribution is 2.71. The molecule has 3 saturated carbocycles. The van der Waals surface area contributed by atoms with Gasteiger partial charge in [0.05, 0.1) is 35.3 Å². The Hall–Kier alpha value is -3.40. The van der Waals surface area contributed by atoms with Gasteiger partial charge in [-0.15, -0.1) is 0 Å². The topological polar surface area (TPSA) is 318 Å². The minimum atomic E-state index is -2.27. The van der Waals surface area contributed by atoms with Gasteiger partial charge >= 0.3 is 17.9 Å². The third-order valence-electron chi connectivity index (χ3n) is 11.7. The highest BCUT2D eigenvalue weighted by Gasteiger charge is 2.77. The second kappa shape index (κ2) is 18.0. The number of carbonyl (C=O) groups is 5. The van der Waals surface area contributed by atoms with E-state index < -0.39 is 124 Å². The summed E-state index contributed by atoms with van der Waals surface area (Å²) in [5, 5.41) is 62.5. The fraction of sp³-hybridized carbons (Fsp3) is 0.727. The van der Waals surface area contributed by atoms with Crippen molar-refractivity contribution < 1.29 is 93.4 Å². The molecule has 23 heteroatoms. The molecule has 0 amide bonds. The van der Waals surface area contributed by atoms with E-state index in [0.717, 1.165) is 0 Å². The molecule has 22 nitrogen and oxygen atoms in total. The van der Waals surface area contributed by atoms with E-state index in [-0.39, 0.29) is 44.5 Å². The van der Waals surface area contributed by atoms with Crippen LogP contribution in [0, 0.1) is 28.6 Å². The number of fused-ring (bicyclic) bond motifs is 5. The van der Waals surface area contributed by atoms with Crippen LogP contribution in [0.4, 0.5) is 4.39 Å². The van der Waals surface area contributed by atoms with E-state index >= 15 is 4.39 Å². The maximum Gasteiger partial charge on any atom is 0.323 e. The Balaban J connectivity index is 1.53. The first kappa shape index (κ1) is 45.3. The predicted octanol–water partition coefficient (Wildman–Crippen LogP) is 0.443. The number of alkyl halides is 1. The first-order valence-electron chi connectivity index (χ1n) is 17.7. The second-order valence-electron chi connectivity index (χ2n) is 14.9. The number of hydrogen-bond donors (Lipinski definition) is 8. The van der Waals surface area contributed by atoms with E-state index in [1.54, 1.807) is 20.8 Å². The molecule has 3 fully saturated rings. The number of rotatable bonds is 19. The quantitative estimate of drug-likeness (QED) is 0.0380. The average Bonchev–Trinajstić information content (AvgIpc) is 3.32. The minimum Gasteiger partial charge on any atom is -0.462 e. The molecule has 4 aliphatic carbocycles. The number of nitrogens with two attached hydrogens (primary N) is 1. The molecule has 0 aromatic carbocycles. The van der Waals surface area contributed by atoms with Gasteiger partial charge in [0.2, 0.25) is 5.78 Å². The zero-order chi connectivity index (χ0) is 41.8. The lowest BCUT2D eigenvalue weighted by Gasteiger charge is -2.62. The van der Waals surface area contributed by atoms with Crippen LogP contribution >= 0.6 is 0 Å². The third-order valence-corrected chi connectivity index (χ3v) is 11.7. The molecule has 0 aromatic heterocycles. The summed E-state index contributed by atoms with van der Waals surface area (Å²) in [6.45, 7) is 1.95. The molecule has 56 heavy (non-hydrogen) atoms. The van der Waals surface area contributed by atoms with E-state index in [1.807, 2.05) is 0 Å². The number of Topliss-reactive ketones (excluding diaryl/α,β-unsaturated/α-hetero) is 1. The van der Waals surface area contributed by atoms with Gasteiger partial charge in [-0.05, 0) is 57.1 Å². The molecule has 0 spiro atoms. The maximum absolute atomic E-state index is 17.8. The number of allylic oxidation sites excluding steroid dienone is 4. The van der Waals surface area contributed by atoms with Crippen LogP contribution in [0.25, 0.3) is 0 Å². The van der Waals surface area contributed by atoms with Gasteiger partial charge in [-0.25, -0.2) is 14.1 Å². The lowest BCUT2D eigenvalue weighted by Crippen LogP contribution is -2.70. The Labute approximate surface area is 318 Å². The van der Waals surface area contributed by atoms with Crippen LogP contribution in [0.3, 0.4) is 0 Å². The molecule has 9 N–H and O–H groups in total. The molecule has 4 rings (SSSR count). The Morgan fingerprint density at radius 3 is 2.30 bits per heavy atom. The number of halogens is 1. The third kappa shape index (κ3) is 9.00. The minimum absolute atomic E-state index is 0.0882. The molecule has 0 saturated heterocycles. The molecule has 4 aliphatic rings. The lowest BCUT2D eigenvalue weighted by molar-refractivity contribution is -0.527. The lowest BCUT2D eigenvalue weighted by atomic mass is 9.44. The molecule has 0 aromatic rings. The largest absolute Gasteiger partial charge is 0.462 e. The SMILES string of the molecule is C[C@H]1CC2C3CCC4=CC(=O)C=C[C@]4(C)[C@@]3(F)[C@@H](O)C[C@]2(C)[C@@]1(OC(=O)CCCON(O)O)C(=O)COC(=O)CC(N)C(=O)OCC(CON(O)O)ON(O)O. The van der Waals surface area contributed by atoms with Gasteiger partial charge in [0.25, 0.3) is 0 Å². The van der Waals surface area contributed by atoms with Gasteiger partial charge < -0.3 is 25.1 Å². The molecule has 0 aliphatic heterocycles. The monoisotopic (exact) mass is 808 g/mol. The number of aliphatic hydroxyl groups is 1. The number of ketones is 2. The van der Waals surface area contributed by atoms with Crippen molar-refractivity contribution in [3.63, 3.8) is 0 Å². The van der Waals surface area contributed by atoms with Crippen molar-refractivity contribution in [1.82, 2.24) is 16.2 Å². The Morgan fingerprint density at radius 1 is 0.982 bits per heavy atom. The summed E-state index contributed by atoms with van der Waals surface area (Å²) in [5.74, 6) is -6.85. The summed E-state index contributed by atoms with van der Waals surface area (Å²) < 4.78 is 33.9. The zero-order valence-corrected chi connectivity index (χ0v) is 30.9. The summed E-state index contributed by atoms with van der Waals surface area (Å²) in [6, 6.07) is -1.69. The number of nitrogens with zero attached hydrogens (tertiary/aromatic N) is 3. The highest BCUT2D eigenvalue weighted by molar-refractivity contribution is 6.01. The van der Waals surface area contributed by atoms with Crippen molar-refractivity contribution in [3.8, 4) is 0 Å². The molecular formula is C33H49FN4O18. The fourth-order valence-corrected chi connectivity index (χ4v) is 9.24. The number of carbonyl (C=O) groups excluding carboxylic acids is 5.